The smallest absolute Gasteiger partial charge is 0.349 e. The van der Waals surface area contributed by atoms with Crippen LogP contribution in [0.5, 0.6) is 0 Å². The number of hydrogen-bond acceptors (Lipinski definition) is 2. The zero-order valence-electron chi connectivity index (χ0n) is 15.5. The van der Waals surface area contributed by atoms with Crippen LogP contribution in [0.15, 0.2) is 30.5 Å². The van der Waals surface area contributed by atoms with Crippen molar-refractivity contribution < 1.29 is 18.0 Å². The molecule has 146 valence electrons. The summed E-state index contributed by atoms with van der Waals surface area (Å²) in [7, 11) is 0. The standard InChI is InChI=1S/C20H24F3N3O/c1-13(25-19(27)15-7-4-3-5-8-15)18-12-24-26(14(18)2)17-10-6-9-16(11-17)20(21,22)23/h6,9-13,15H,3-5,7-8H2,1-2H3,(H,25,27)/t13-/m0/s1. The second-order valence-corrected chi connectivity index (χ2v) is 7.21. The average Bonchev–Trinajstić information content (AvgIpc) is 3.03. The minimum absolute atomic E-state index is 0.0495. The largest absolute Gasteiger partial charge is 0.416 e. The zero-order valence-corrected chi connectivity index (χ0v) is 15.5. The third kappa shape index (κ3) is 4.34. The fraction of sp³-hybridized carbons (Fsp3) is 0.500. The lowest BCUT2D eigenvalue weighted by molar-refractivity contribution is -0.137. The van der Waals surface area contributed by atoms with Crippen LogP contribution in [0.3, 0.4) is 0 Å². The van der Waals surface area contributed by atoms with Gasteiger partial charge in [-0.25, -0.2) is 4.68 Å². The molecule has 1 heterocycles. The van der Waals surface area contributed by atoms with Crippen LogP contribution in [-0.4, -0.2) is 15.7 Å². The van der Waals surface area contributed by atoms with E-state index in [4.69, 9.17) is 0 Å². The number of benzene rings is 1. The summed E-state index contributed by atoms with van der Waals surface area (Å²) in [6, 6.07) is 4.82. The number of halogens is 3. The summed E-state index contributed by atoms with van der Waals surface area (Å²) >= 11 is 0. The van der Waals surface area contributed by atoms with Gasteiger partial charge in [0.1, 0.15) is 0 Å². The number of hydrogen-bond donors (Lipinski definition) is 1. The second-order valence-electron chi connectivity index (χ2n) is 7.21. The van der Waals surface area contributed by atoms with Crippen LogP contribution < -0.4 is 5.32 Å². The quantitative estimate of drug-likeness (QED) is 0.816. The van der Waals surface area contributed by atoms with Crippen LogP contribution >= 0.6 is 0 Å². The summed E-state index contributed by atoms with van der Waals surface area (Å²) < 4.78 is 40.4. The monoisotopic (exact) mass is 379 g/mol. The maximum absolute atomic E-state index is 13.0. The van der Waals surface area contributed by atoms with Gasteiger partial charge in [0, 0.05) is 17.2 Å². The number of aromatic nitrogens is 2. The maximum Gasteiger partial charge on any atom is 0.416 e. The lowest BCUT2D eigenvalue weighted by Crippen LogP contribution is -2.34. The highest BCUT2D eigenvalue weighted by molar-refractivity contribution is 5.79. The van der Waals surface area contributed by atoms with Gasteiger partial charge in [0.2, 0.25) is 5.91 Å². The number of carbonyl (C=O) groups excluding carboxylic acids is 1. The number of carbonyl (C=O) groups is 1. The third-order valence-electron chi connectivity index (χ3n) is 5.27. The van der Waals surface area contributed by atoms with Gasteiger partial charge in [0.25, 0.3) is 0 Å². The summed E-state index contributed by atoms with van der Waals surface area (Å²) in [6.07, 6.45) is 2.39. The molecular formula is C20H24F3N3O. The molecule has 0 unspecified atom stereocenters. The highest BCUT2D eigenvalue weighted by Gasteiger charge is 2.31. The first kappa shape index (κ1) is 19.5. The molecule has 1 fully saturated rings. The predicted octanol–water partition coefficient (Wildman–Crippen LogP) is 4.96. The molecular weight excluding hydrogens is 355 g/mol. The maximum atomic E-state index is 13.0. The van der Waals surface area contributed by atoms with Crippen molar-refractivity contribution in [1.29, 1.82) is 0 Å². The van der Waals surface area contributed by atoms with Crippen molar-refractivity contribution in [2.45, 2.75) is 58.2 Å². The summed E-state index contributed by atoms with van der Waals surface area (Å²) in [4.78, 5) is 12.5. The number of amides is 1. The van der Waals surface area contributed by atoms with Crippen molar-refractivity contribution in [3.05, 3.63) is 47.3 Å². The van der Waals surface area contributed by atoms with E-state index in [0.29, 0.717) is 11.4 Å². The number of nitrogens with zero attached hydrogens (tertiary/aromatic N) is 2. The van der Waals surface area contributed by atoms with Crippen LogP contribution in [0.4, 0.5) is 13.2 Å². The average molecular weight is 379 g/mol. The lowest BCUT2D eigenvalue weighted by Gasteiger charge is -2.23. The van der Waals surface area contributed by atoms with E-state index in [1.54, 1.807) is 19.2 Å². The van der Waals surface area contributed by atoms with Gasteiger partial charge >= 0.3 is 6.18 Å². The Morgan fingerprint density at radius 1 is 1.26 bits per heavy atom. The van der Waals surface area contributed by atoms with Gasteiger partial charge in [0.15, 0.2) is 0 Å². The molecule has 1 N–H and O–H groups in total. The Morgan fingerprint density at radius 3 is 2.63 bits per heavy atom. The van der Waals surface area contributed by atoms with Crippen molar-refractivity contribution in [1.82, 2.24) is 15.1 Å². The van der Waals surface area contributed by atoms with E-state index in [9.17, 15) is 18.0 Å². The fourth-order valence-electron chi connectivity index (χ4n) is 3.70. The van der Waals surface area contributed by atoms with Gasteiger partial charge in [0.05, 0.1) is 23.5 Å². The van der Waals surface area contributed by atoms with E-state index in [1.807, 2.05) is 6.92 Å². The van der Waals surface area contributed by atoms with Crippen LogP contribution in [0, 0.1) is 12.8 Å². The normalized spacial score (nSPS) is 16.9. The Hall–Kier alpha value is -2.31. The number of nitrogens with one attached hydrogen (secondary N) is 1. The Balaban J connectivity index is 1.77. The lowest BCUT2D eigenvalue weighted by atomic mass is 9.88. The zero-order chi connectivity index (χ0) is 19.6. The Morgan fingerprint density at radius 2 is 1.96 bits per heavy atom. The van der Waals surface area contributed by atoms with Crippen molar-refractivity contribution in [2.24, 2.45) is 5.92 Å². The molecule has 7 heteroatoms. The second kappa shape index (κ2) is 7.74. The van der Waals surface area contributed by atoms with Crippen LogP contribution in [0.2, 0.25) is 0 Å². The first-order valence-electron chi connectivity index (χ1n) is 9.30. The molecule has 0 saturated heterocycles. The summed E-state index contributed by atoms with van der Waals surface area (Å²) in [5.41, 5.74) is 1.15. The molecule has 1 aromatic carbocycles. The van der Waals surface area contributed by atoms with Gasteiger partial charge in [-0.2, -0.15) is 18.3 Å². The van der Waals surface area contributed by atoms with Crippen LogP contribution in [0.1, 0.15) is 61.9 Å². The summed E-state index contributed by atoms with van der Waals surface area (Å²) in [5, 5.41) is 7.28. The Kier molecular flexibility index (Phi) is 5.58. The van der Waals surface area contributed by atoms with Gasteiger partial charge in [-0.05, 0) is 44.9 Å². The highest BCUT2D eigenvalue weighted by atomic mass is 19.4. The van der Waals surface area contributed by atoms with Gasteiger partial charge in [-0.1, -0.05) is 25.3 Å². The molecule has 1 saturated carbocycles. The molecule has 1 aromatic heterocycles. The molecule has 4 nitrogen and oxygen atoms in total. The summed E-state index contributed by atoms with van der Waals surface area (Å²) in [5.74, 6) is 0.105. The van der Waals surface area contributed by atoms with Gasteiger partial charge < -0.3 is 5.32 Å². The SMILES string of the molecule is Cc1c([C@H](C)NC(=O)C2CCCCC2)cnn1-c1cccc(C(F)(F)F)c1. The molecule has 1 atom stereocenters. The molecule has 0 spiro atoms. The molecule has 3 rings (SSSR count). The Labute approximate surface area is 156 Å². The number of alkyl halides is 3. The fourth-order valence-corrected chi connectivity index (χ4v) is 3.70. The van der Waals surface area contributed by atoms with Crippen molar-refractivity contribution in [3.63, 3.8) is 0 Å². The molecule has 0 aliphatic heterocycles. The van der Waals surface area contributed by atoms with E-state index < -0.39 is 11.7 Å². The van der Waals surface area contributed by atoms with E-state index in [2.05, 4.69) is 10.4 Å². The van der Waals surface area contributed by atoms with E-state index >= 15 is 0 Å². The van der Waals surface area contributed by atoms with Gasteiger partial charge in [-0.15, -0.1) is 0 Å². The highest BCUT2D eigenvalue weighted by Crippen LogP contribution is 2.31. The first-order valence-corrected chi connectivity index (χ1v) is 9.30. The molecule has 0 bridgehead atoms. The molecule has 0 radical (unpaired) electrons. The predicted molar refractivity (Wildman–Crippen MR) is 96.4 cm³/mol. The van der Waals surface area contributed by atoms with E-state index in [-0.39, 0.29) is 17.9 Å². The van der Waals surface area contributed by atoms with Crippen LogP contribution in [0.25, 0.3) is 5.69 Å². The third-order valence-corrected chi connectivity index (χ3v) is 5.27. The van der Waals surface area contributed by atoms with Gasteiger partial charge in [-0.3, -0.25) is 4.79 Å². The summed E-state index contributed by atoms with van der Waals surface area (Å²) in [6.45, 7) is 3.67. The van der Waals surface area contributed by atoms with Crippen molar-refractivity contribution >= 4 is 5.91 Å². The minimum Gasteiger partial charge on any atom is -0.349 e. The van der Waals surface area contributed by atoms with E-state index in [0.717, 1.165) is 43.4 Å². The van der Waals surface area contributed by atoms with E-state index in [1.165, 1.54) is 17.2 Å². The number of rotatable bonds is 4. The molecule has 2 aromatic rings. The molecule has 27 heavy (non-hydrogen) atoms. The van der Waals surface area contributed by atoms with Crippen molar-refractivity contribution in [3.8, 4) is 5.69 Å². The molecule has 1 aliphatic rings. The Bertz CT molecular complexity index is 807. The molecule has 1 aliphatic carbocycles. The topological polar surface area (TPSA) is 46.9 Å². The first-order chi connectivity index (χ1) is 12.8. The van der Waals surface area contributed by atoms with Crippen LogP contribution in [-0.2, 0) is 11.0 Å². The molecule has 1 amide bonds. The van der Waals surface area contributed by atoms with Crippen molar-refractivity contribution in [2.75, 3.05) is 0 Å². The minimum atomic E-state index is -4.40.